The molecular weight excluding hydrogens is 342 g/mol. The molecular formula is C10H11Br2NO3. The van der Waals surface area contributed by atoms with E-state index < -0.39 is 12.0 Å². The van der Waals surface area contributed by atoms with E-state index in [9.17, 15) is 9.90 Å². The smallest absolute Gasteiger partial charge is 0.307 e. The van der Waals surface area contributed by atoms with Crippen LogP contribution in [0.2, 0.25) is 0 Å². The summed E-state index contributed by atoms with van der Waals surface area (Å²) >= 11 is 6.47. The lowest BCUT2D eigenvalue weighted by Gasteiger charge is -2.15. The van der Waals surface area contributed by atoms with Gasteiger partial charge in [-0.1, -0.05) is 15.9 Å². The van der Waals surface area contributed by atoms with Gasteiger partial charge in [0.1, 0.15) is 5.75 Å². The lowest BCUT2D eigenvalue weighted by atomic mass is 10.0. The number of ether oxygens (including phenoxy) is 1. The maximum atomic E-state index is 11.1. The zero-order valence-electron chi connectivity index (χ0n) is 8.54. The van der Waals surface area contributed by atoms with Gasteiger partial charge in [-0.05, 0) is 28.1 Å². The van der Waals surface area contributed by atoms with Crippen molar-refractivity contribution in [3.63, 3.8) is 0 Å². The Balaban J connectivity index is 3.03. The van der Waals surface area contributed by atoms with Gasteiger partial charge in [-0.3, -0.25) is 4.79 Å². The molecule has 0 spiro atoms. The van der Waals surface area contributed by atoms with Crippen molar-refractivity contribution in [1.29, 1.82) is 0 Å². The number of phenolic OH excluding ortho intramolecular Hbond substituents is 1. The van der Waals surface area contributed by atoms with Crippen molar-refractivity contribution in [3.8, 4) is 5.75 Å². The second-order valence-electron chi connectivity index (χ2n) is 3.18. The number of rotatable bonds is 3. The molecule has 6 heteroatoms. The summed E-state index contributed by atoms with van der Waals surface area (Å²) in [5.74, 6) is -0.385. The van der Waals surface area contributed by atoms with Gasteiger partial charge in [0.15, 0.2) is 0 Å². The van der Waals surface area contributed by atoms with E-state index in [1.165, 1.54) is 7.11 Å². The number of nitrogens with two attached hydrogens (primary N) is 1. The minimum absolute atomic E-state index is 0.0130. The van der Waals surface area contributed by atoms with Gasteiger partial charge in [-0.15, -0.1) is 0 Å². The summed E-state index contributed by atoms with van der Waals surface area (Å²) in [6, 6.07) is 2.82. The Hall–Kier alpha value is -0.590. The van der Waals surface area contributed by atoms with Gasteiger partial charge in [0.25, 0.3) is 0 Å². The molecule has 0 aromatic heterocycles. The number of hydrogen-bond donors (Lipinski definition) is 2. The van der Waals surface area contributed by atoms with Gasteiger partial charge >= 0.3 is 5.97 Å². The zero-order chi connectivity index (χ0) is 12.3. The van der Waals surface area contributed by atoms with Crippen molar-refractivity contribution in [3.05, 3.63) is 26.6 Å². The molecule has 0 radical (unpaired) electrons. The highest BCUT2D eigenvalue weighted by Gasteiger charge is 2.19. The summed E-state index contributed by atoms with van der Waals surface area (Å²) in [4.78, 5) is 11.1. The Morgan fingerprint density at radius 3 is 2.62 bits per heavy atom. The SMILES string of the molecule is COC(=O)C[C@@H](N)c1c(Br)ccc(Br)c1O. The summed E-state index contributed by atoms with van der Waals surface area (Å²) in [7, 11) is 1.30. The van der Waals surface area contributed by atoms with E-state index in [-0.39, 0.29) is 12.2 Å². The molecule has 0 aliphatic heterocycles. The third-order valence-corrected chi connectivity index (χ3v) is 3.43. The molecule has 88 valence electrons. The molecule has 0 bridgehead atoms. The fourth-order valence-corrected chi connectivity index (χ4v) is 2.23. The maximum absolute atomic E-state index is 11.1. The summed E-state index contributed by atoms with van der Waals surface area (Å²) in [5.41, 5.74) is 6.32. The Bertz CT molecular complexity index is 409. The van der Waals surface area contributed by atoms with Crippen LogP contribution in [0.5, 0.6) is 5.75 Å². The highest BCUT2D eigenvalue weighted by Crippen LogP contribution is 2.37. The number of hydrogen-bond acceptors (Lipinski definition) is 4. The Morgan fingerprint density at radius 2 is 2.06 bits per heavy atom. The third kappa shape index (κ3) is 2.96. The molecule has 0 saturated heterocycles. The van der Waals surface area contributed by atoms with Crippen LogP contribution in [-0.2, 0) is 9.53 Å². The molecule has 0 heterocycles. The van der Waals surface area contributed by atoms with Crippen LogP contribution in [0.1, 0.15) is 18.0 Å². The standard InChI is InChI=1S/C10H11Br2NO3/c1-16-8(14)4-7(13)9-5(11)2-3-6(12)10(9)15/h2-3,7,15H,4,13H2,1H3/t7-/m1/s1. The van der Waals surface area contributed by atoms with Crippen LogP contribution in [0.3, 0.4) is 0 Å². The summed E-state index contributed by atoms with van der Waals surface area (Å²) < 4.78 is 5.72. The second-order valence-corrected chi connectivity index (χ2v) is 4.89. The van der Waals surface area contributed by atoms with Crippen LogP contribution in [-0.4, -0.2) is 18.2 Å². The molecule has 1 rings (SSSR count). The van der Waals surface area contributed by atoms with E-state index in [0.29, 0.717) is 14.5 Å². The minimum atomic E-state index is -0.612. The number of benzene rings is 1. The summed E-state index contributed by atoms with van der Waals surface area (Å²) in [6.45, 7) is 0. The van der Waals surface area contributed by atoms with Crippen LogP contribution in [0.25, 0.3) is 0 Å². The summed E-state index contributed by atoms with van der Waals surface area (Å²) in [6.07, 6.45) is 0.0130. The Kier molecular flexibility index (Phi) is 4.76. The molecule has 1 aromatic rings. The van der Waals surface area contributed by atoms with Crippen LogP contribution in [0, 0.1) is 0 Å². The van der Waals surface area contributed by atoms with Gasteiger partial charge in [0, 0.05) is 16.1 Å². The molecule has 1 atom stereocenters. The number of phenols is 1. The first-order valence-electron chi connectivity index (χ1n) is 4.46. The molecule has 0 aliphatic carbocycles. The van der Waals surface area contributed by atoms with E-state index in [4.69, 9.17) is 5.73 Å². The monoisotopic (exact) mass is 351 g/mol. The van der Waals surface area contributed by atoms with E-state index >= 15 is 0 Å². The van der Waals surface area contributed by atoms with E-state index in [1.54, 1.807) is 12.1 Å². The summed E-state index contributed by atoms with van der Waals surface area (Å²) in [5, 5.41) is 9.83. The lowest BCUT2D eigenvalue weighted by Crippen LogP contribution is -2.17. The molecule has 0 unspecified atom stereocenters. The zero-order valence-corrected chi connectivity index (χ0v) is 11.7. The number of esters is 1. The number of carbonyl (C=O) groups excluding carboxylic acids is 1. The molecule has 0 saturated carbocycles. The van der Waals surface area contributed by atoms with Crippen molar-refractivity contribution in [2.24, 2.45) is 5.73 Å². The fourth-order valence-electron chi connectivity index (χ4n) is 1.27. The van der Waals surface area contributed by atoms with Gasteiger partial charge in [0.05, 0.1) is 18.0 Å². The van der Waals surface area contributed by atoms with Crippen molar-refractivity contribution in [2.75, 3.05) is 7.11 Å². The van der Waals surface area contributed by atoms with Gasteiger partial charge in [-0.2, -0.15) is 0 Å². The molecule has 0 amide bonds. The Labute approximate surface area is 110 Å². The van der Waals surface area contributed by atoms with Crippen LogP contribution in [0.15, 0.2) is 21.1 Å². The first-order valence-corrected chi connectivity index (χ1v) is 6.05. The van der Waals surface area contributed by atoms with Crippen molar-refractivity contribution in [2.45, 2.75) is 12.5 Å². The number of methoxy groups -OCH3 is 1. The molecule has 3 N–H and O–H groups in total. The van der Waals surface area contributed by atoms with E-state index in [0.717, 1.165) is 0 Å². The minimum Gasteiger partial charge on any atom is -0.506 e. The quantitative estimate of drug-likeness (QED) is 0.819. The largest absolute Gasteiger partial charge is 0.506 e. The topological polar surface area (TPSA) is 72.5 Å². The highest BCUT2D eigenvalue weighted by atomic mass is 79.9. The van der Waals surface area contributed by atoms with Gasteiger partial charge in [0.2, 0.25) is 0 Å². The fraction of sp³-hybridized carbons (Fsp3) is 0.300. The van der Waals surface area contributed by atoms with Gasteiger partial charge < -0.3 is 15.6 Å². The predicted molar refractivity (Wildman–Crippen MR) is 67.1 cm³/mol. The molecule has 1 aromatic carbocycles. The van der Waals surface area contributed by atoms with Crippen molar-refractivity contribution in [1.82, 2.24) is 0 Å². The van der Waals surface area contributed by atoms with Crippen LogP contribution in [0.4, 0.5) is 0 Å². The maximum Gasteiger partial charge on any atom is 0.307 e. The number of halogens is 2. The average molecular weight is 353 g/mol. The third-order valence-electron chi connectivity index (χ3n) is 2.10. The first-order chi connectivity index (χ1) is 7.47. The van der Waals surface area contributed by atoms with Crippen LogP contribution < -0.4 is 5.73 Å². The molecule has 0 aliphatic rings. The van der Waals surface area contributed by atoms with Crippen molar-refractivity contribution < 1.29 is 14.6 Å². The highest BCUT2D eigenvalue weighted by molar-refractivity contribution is 9.11. The van der Waals surface area contributed by atoms with E-state index in [1.807, 2.05) is 0 Å². The predicted octanol–water partition coefficient (Wildman–Crippen LogP) is 2.48. The first kappa shape index (κ1) is 13.5. The van der Waals surface area contributed by atoms with Gasteiger partial charge in [-0.25, -0.2) is 0 Å². The molecule has 4 nitrogen and oxygen atoms in total. The van der Waals surface area contributed by atoms with Crippen molar-refractivity contribution >= 4 is 37.8 Å². The lowest BCUT2D eigenvalue weighted by molar-refractivity contribution is -0.141. The van der Waals surface area contributed by atoms with Crippen LogP contribution >= 0.6 is 31.9 Å². The Morgan fingerprint density at radius 1 is 1.50 bits per heavy atom. The number of carbonyl (C=O) groups is 1. The number of aromatic hydroxyl groups is 1. The molecule has 0 fully saturated rings. The average Bonchev–Trinajstić information content (AvgIpc) is 2.24. The normalized spacial score (nSPS) is 12.2. The molecule has 16 heavy (non-hydrogen) atoms. The van der Waals surface area contributed by atoms with E-state index in [2.05, 4.69) is 36.6 Å². The second kappa shape index (κ2) is 5.65.